The SMILES string of the molecule is Cc1occc1C(=O)Nc1cc(Cl)ccc1C(=O)N[C@@H](C)CN.Cl. The van der Waals surface area contributed by atoms with Crippen LogP contribution >= 0.6 is 24.0 Å². The second kappa shape index (κ2) is 8.73. The molecule has 0 unspecified atom stereocenters. The van der Waals surface area contributed by atoms with E-state index >= 15 is 0 Å². The van der Waals surface area contributed by atoms with E-state index in [4.69, 9.17) is 21.8 Å². The summed E-state index contributed by atoms with van der Waals surface area (Å²) in [7, 11) is 0. The van der Waals surface area contributed by atoms with Gasteiger partial charge in [-0.15, -0.1) is 12.4 Å². The van der Waals surface area contributed by atoms with E-state index in [-0.39, 0.29) is 30.3 Å². The van der Waals surface area contributed by atoms with Crippen LogP contribution in [0.2, 0.25) is 5.02 Å². The molecule has 24 heavy (non-hydrogen) atoms. The van der Waals surface area contributed by atoms with Gasteiger partial charge in [-0.05, 0) is 38.1 Å². The Morgan fingerprint density at radius 2 is 1.96 bits per heavy atom. The molecule has 4 N–H and O–H groups in total. The minimum absolute atomic E-state index is 0. The molecule has 8 heteroatoms. The summed E-state index contributed by atoms with van der Waals surface area (Å²) in [5.74, 6) is -0.217. The number of rotatable bonds is 5. The number of nitrogens with one attached hydrogen (secondary N) is 2. The lowest BCUT2D eigenvalue weighted by Gasteiger charge is -2.15. The number of benzene rings is 1. The van der Waals surface area contributed by atoms with Crippen LogP contribution in [-0.2, 0) is 0 Å². The molecule has 0 spiro atoms. The zero-order chi connectivity index (χ0) is 17.0. The zero-order valence-electron chi connectivity index (χ0n) is 13.3. The third kappa shape index (κ3) is 4.74. The van der Waals surface area contributed by atoms with Gasteiger partial charge in [0.15, 0.2) is 0 Å². The number of carbonyl (C=O) groups is 2. The molecule has 0 bridgehead atoms. The average molecular weight is 372 g/mol. The molecule has 0 saturated heterocycles. The quantitative estimate of drug-likeness (QED) is 0.752. The largest absolute Gasteiger partial charge is 0.469 e. The Balaban J connectivity index is 0.00000288. The maximum atomic E-state index is 12.3. The summed E-state index contributed by atoms with van der Waals surface area (Å²) in [6, 6.07) is 6.04. The van der Waals surface area contributed by atoms with Crippen LogP contribution in [0.3, 0.4) is 0 Å². The maximum Gasteiger partial charge on any atom is 0.259 e. The highest BCUT2D eigenvalue weighted by molar-refractivity contribution is 6.31. The van der Waals surface area contributed by atoms with Gasteiger partial charge in [0.05, 0.1) is 23.1 Å². The third-order valence-electron chi connectivity index (χ3n) is 3.31. The van der Waals surface area contributed by atoms with Crippen molar-refractivity contribution in [3.63, 3.8) is 0 Å². The number of nitrogens with two attached hydrogens (primary N) is 1. The number of hydrogen-bond acceptors (Lipinski definition) is 4. The Morgan fingerprint density at radius 1 is 1.25 bits per heavy atom. The topological polar surface area (TPSA) is 97.4 Å². The van der Waals surface area contributed by atoms with E-state index < -0.39 is 0 Å². The first-order chi connectivity index (χ1) is 10.9. The van der Waals surface area contributed by atoms with E-state index in [9.17, 15) is 9.59 Å². The highest BCUT2D eigenvalue weighted by Gasteiger charge is 2.18. The molecule has 1 aromatic heterocycles. The van der Waals surface area contributed by atoms with Crippen LogP contribution in [0.1, 0.15) is 33.4 Å². The highest BCUT2D eigenvalue weighted by Crippen LogP contribution is 2.22. The van der Waals surface area contributed by atoms with Crippen LogP contribution < -0.4 is 16.4 Å². The van der Waals surface area contributed by atoms with Crippen molar-refractivity contribution >= 4 is 41.5 Å². The fourth-order valence-electron chi connectivity index (χ4n) is 1.99. The number of halogens is 2. The van der Waals surface area contributed by atoms with E-state index in [1.54, 1.807) is 32.0 Å². The Hall–Kier alpha value is -2.02. The number of anilines is 1. The molecule has 130 valence electrons. The van der Waals surface area contributed by atoms with Crippen molar-refractivity contribution in [2.45, 2.75) is 19.9 Å². The van der Waals surface area contributed by atoms with Crippen LogP contribution in [0, 0.1) is 6.92 Å². The van der Waals surface area contributed by atoms with Gasteiger partial charge in [0.2, 0.25) is 0 Å². The van der Waals surface area contributed by atoms with Gasteiger partial charge >= 0.3 is 0 Å². The van der Waals surface area contributed by atoms with E-state index in [1.807, 2.05) is 0 Å². The lowest BCUT2D eigenvalue weighted by Crippen LogP contribution is -2.38. The lowest BCUT2D eigenvalue weighted by atomic mass is 10.1. The first-order valence-electron chi connectivity index (χ1n) is 7.08. The average Bonchev–Trinajstić information content (AvgIpc) is 2.93. The second-order valence-corrected chi connectivity index (χ2v) is 5.58. The van der Waals surface area contributed by atoms with E-state index in [2.05, 4.69) is 10.6 Å². The minimum atomic E-state index is -0.376. The van der Waals surface area contributed by atoms with Crippen LogP contribution in [-0.4, -0.2) is 24.4 Å². The zero-order valence-corrected chi connectivity index (χ0v) is 14.8. The van der Waals surface area contributed by atoms with Gasteiger partial charge in [0.1, 0.15) is 5.76 Å². The van der Waals surface area contributed by atoms with Crippen LogP contribution in [0.15, 0.2) is 34.9 Å². The molecule has 0 aliphatic heterocycles. The molecule has 0 aliphatic carbocycles. The molecule has 1 atom stereocenters. The first kappa shape index (κ1) is 20.0. The predicted molar refractivity (Wildman–Crippen MR) is 96.1 cm³/mol. The van der Waals surface area contributed by atoms with Crippen LogP contribution in [0.25, 0.3) is 0 Å². The highest BCUT2D eigenvalue weighted by atomic mass is 35.5. The van der Waals surface area contributed by atoms with Crippen LogP contribution in [0.4, 0.5) is 5.69 Å². The predicted octanol–water partition coefficient (Wildman–Crippen LogP) is 2.99. The molecule has 2 aromatic rings. The fourth-order valence-corrected chi connectivity index (χ4v) is 2.16. The van der Waals surface area contributed by atoms with Crippen molar-refractivity contribution in [2.24, 2.45) is 5.73 Å². The van der Waals surface area contributed by atoms with Crippen molar-refractivity contribution in [2.75, 3.05) is 11.9 Å². The van der Waals surface area contributed by atoms with Crippen molar-refractivity contribution in [1.29, 1.82) is 0 Å². The molecule has 0 aliphatic rings. The molecule has 0 radical (unpaired) electrons. The lowest BCUT2D eigenvalue weighted by molar-refractivity contribution is 0.0942. The summed E-state index contributed by atoms with van der Waals surface area (Å²) in [5.41, 5.74) is 6.53. The molecule has 2 amide bonds. The normalized spacial score (nSPS) is 11.3. The van der Waals surface area contributed by atoms with Crippen molar-refractivity contribution in [3.05, 3.63) is 52.4 Å². The number of carbonyl (C=O) groups excluding carboxylic acids is 2. The number of hydrogen-bond donors (Lipinski definition) is 3. The summed E-state index contributed by atoms with van der Waals surface area (Å²) in [6.07, 6.45) is 1.43. The number of amides is 2. The van der Waals surface area contributed by atoms with Crippen molar-refractivity contribution in [1.82, 2.24) is 5.32 Å². The molecular formula is C16H19Cl2N3O3. The smallest absolute Gasteiger partial charge is 0.259 e. The molecule has 2 rings (SSSR count). The minimum Gasteiger partial charge on any atom is -0.469 e. The van der Waals surface area contributed by atoms with Gasteiger partial charge in [-0.1, -0.05) is 11.6 Å². The Morgan fingerprint density at radius 3 is 2.54 bits per heavy atom. The van der Waals surface area contributed by atoms with Crippen LogP contribution in [0.5, 0.6) is 0 Å². The summed E-state index contributed by atoms with van der Waals surface area (Å²) in [5, 5.41) is 5.85. The van der Waals surface area contributed by atoms with E-state index in [1.165, 1.54) is 12.3 Å². The van der Waals surface area contributed by atoms with Gasteiger partial charge in [0, 0.05) is 17.6 Å². The monoisotopic (exact) mass is 371 g/mol. The Kier molecular flexibility index (Phi) is 7.28. The number of furan rings is 1. The van der Waals surface area contributed by atoms with Gasteiger partial charge in [-0.3, -0.25) is 9.59 Å². The number of aryl methyl sites for hydroxylation is 1. The fraction of sp³-hybridized carbons (Fsp3) is 0.250. The standard InChI is InChI=1S/C16H18ClN3O3.ClH/c1-9(8-18)19-16(22)13-4-3-11(17)7-14(13)20-15(21)12-5-6-23-10(12)2;/h3-7,9H,8,18H2,1-2H3,(H,19,22)(H,20,21);1H/t9-;/m0./s1. The summed E-state index contributed by atoms with van der Waals surface area (Å²) in [6.45, 7) is 3.79. The maximum absolute atomic E-state index is 12.3. The molecular weight excluding hydrogens is 353 g/mol. The van der Waals surface area contributed by atoms with Gasteiger partial charge in [0.25, 0.3) is 11.8 Å². The van der Waals surface area contributed by atoms with E-state index in [0.717, 1.165) is 0 Å². The summed E-state index contributed by atoms with van der Waals surface area (Å²) >= 11 is 5.97. The van der Waals surface area contributed by atoms with Gasteiger partial charge in [-0.2, -0.15) is 0 Å². The first-order valence-corrected chi connectivity index (χ1v) is 7.46. The van der Waals surface area contributed by atoms with Crippen molar-refractivity contribution < 1.29 is 14.0 Å². The Bertz CT molecular complexity index is 731. The van der Waals surface area contributed by atoms with Gasteiger partial charge in [-0.25, -0.2) is 0 Å². The molecule has 6 nitrogen and oxygen atoms in total. The van der Waals surface area contributed by atoms with E-state index in [0.29, 0.717) is 34.1 Å². The molecule has 1 aromatic carbocycles. The molecule has 0 fully saturated rings. The summed E-state index contributed by atoms with van der Waals surface area (Å²) < 4.78 is 5.11. The van der Waals surface area contributed by atoms with Crippen molar-refractivity contribution in [3.8, 4) is 0 Å². The van der Waals surface area contributed by atoms with Gasteiger partial charge < -0.3 is 20.8 Å². The Labute approximate surface area is 151 Å². The second-order valence-electron chi connectivity index (χ2n) is 5.14. The third-order valence-corrected chi connectivity index (χ3v) is 3.54. The summed E-state index contributed by atoms with van der Waals surface area (Å²) in [4.78, 5) is 24.6. The molecule has 1 heterocycles. The molecule has 0 saturated carbocycles.